The van der Waals surface area contributed by atoms with Crippen LogP contribution in [-0.4, -0.2) is 24.9 Å². The topological polar surface area (TPSA) is 79.5 Å². The van der Waals surface area contributed by atoms with E-state index in [1.807, 2.05) is 55.6 Å². The molecule has 0 aliphatic carbocycles. The fraction of sp³-hybridized carbons (Fsp3) is 0.190. The molecule has 1 N–H and O–H groups in total. The van der Waals surface area contributed by atoms with Crippen LogP contribution in [0.25, 0.3) is 11.3 Å². The molecule has 0 radical (unpaired) electrons. The van der Waals surface area contributed by atoms with E-state index in [9.17, 15) is 5.26 Å². The molecule has 0 fully saturated rings. The Hall–Kier alpha value is -3.37. The molecule has 0 aliphatic rings. The SMILES string of the molecule is COc1ccc(-c2csc(/C(C#N)=N\Nc3ccc(C)c(C)c3)n2)cc1OC. The fourth-order valence-corrected chi connectivity index (χ4v) is 3.33. The number of benzene rings is 2. The van der Waals surface area contributed by atoms with Crippen molar-refractivity contribution in [2.75, 3.05) is 19.6 Å². The van der Waals surface area contributed by atoms with Crippen LogP contribution in [0.3, 0.4) is 0 Å². The van der Waals surface area contributed by atoms with Gasteiger partial charge in [0.05, 0.1) is 25.6 Å². The number of aryl methyl sites for hydroxylation is 2. The molecule has 0 atom stereocenters. The lowest BCUT2D eigenvalue weighted by Crippen LogP contribution is -2.01. The van der Waals surface area contributed by atoms with E-state index in [0.717, 1.165) is 22.5 Å². The smallest absolute Gasteiger partial charge is 0.196 e. The molecule has 3 rings (SSSR count). The summed E-state index contributed by atoms with van der Waals surface area (Å²) in [4.78, 5) is 4.56. The van der Waals surface area contributed by atoms with Crippen molar-refractivity contribution in [2.45, 2.75) is 13.8 Å². The molecule has 0 amide bonds. The molecule has 2 aromatic carbocycles. The molecule has 1 heterocycles. The van der Waals surface area contributed by atoms with Gasteiger partial charge in [0.25, 0.3) is 0 Å². The lowest BCUT2D eigenvalue weighted by molar-refractivity contribution is 0.355. The monoisotopic (exact) mass is 392 g/mol. The van der Waals surface area contributed by atoms with Crippen molar-refractivity contribution in [3.63, 3.8) is 0 Å². The highest BCUT2D eigenvalue weighted by atomic mass is 32.1. The highest BCUT2D eigenvalue weighted by Gasteiger charge is 2.13. The summed E-state index contributed by atoms with van der Waals surface area (Å²) >= 11 is 1.36. The Bertz CT molecular complexity index is 1070. The number of nitriles is 1. The Kier molecular flexibility index (Phi) is 5.92. The van der Waals surface area contributed by atoms with Crippen molar-refractivity contribution < 1.29 is 9.47 Å². The van der Waals surface area contributed by atoms with E-state index in [4.69, 9.17) is 9.47 Å². The summed E-state index contributed by atoms with van der Waals surface area (Å²) in [5.41, 5.74) is 7.98. The predicted octanol–water partition coefficient (Wildman–Crippen LogP) is 4.78. The zero-order valence-corrected chi connectivity index (χ0v) is 16.9. The van der Waals surface area contributed by atoms with Crippen LogP contribution in [0.1, 0.15) is 16.1 Å². The normalized spacial score (nSPS) is 11.0. The van der Waals surface area contributed by atoms with Gasteiger partial charge in [-0.05, 0) is 55.3 Å². The number of hydrogen-bond donors (Lipinski definition) is 1. The molecule has 28 heavy (non-hydrogen) atoms. The highest BCUT2D eigenvalue weighted by Crippen LogP contribution is 2.32. The molecular weight excluding hydrogens is 372 g/mol. The van der Waals surface area contributed by atoms with Crippen molar-refractivity contribution >= 4 is 22.7 Å². The third-order valence-corrected chi connectivity index (χ3v) is 5.14. The van der Waals surface area contributed by atoms with Crippen LogP contribution >= 0.6 is 11.3 Å². The Balaban J connectivity index is 1.85. The first kappa shape index (κ1) is 19.4. The second-order valence-corrected chi connectivity index (χ2v) is 6.95. The van der Waals surface area contributed by atoms with Gasteiger partial charge in [0, 0.05) is 10.9 Å². The largest absolute Gasteiger partial charge is 0.493 e. The van der Waals surface area contributed by atoms with Gasteiger partial charge in [-0.15, -0.1) is 11.3 Å². The van der Waals surface area contributed by atoms with Gasteiger partial charge < -0.3 is 9.47 Å². The first-order valence-corrected chi connectivity index (χ1v) is 9.43. The van der Waals surface area contributed by atoms with Crippen LogP contribution in [0.5, 0.6) is 11.5 Å². The number of anilines is 1. The van der Waals surface area contributed by atoms with E-state index in [0.29, 0.717) is 16.5 Å². The maximum absolute atomic E-state index is 9.50. The maximum atomic E-state index is 9.50. The number of hydrogen-bond acceptors (Lipinski definition) is 7. The number of hydrazone groups is 1. The van der Waals surface area contributed by atoms with Gasteiger partial charge in [0.1, 0.15) is 6.07 Å². The Morgan fingerprint density at radius 3 is 2.54 bits per heavy atom. The van der Waals surface area contributed by atoms with Crippen molar-refractivity contribution in [3.8, 4) is 28.8 Å². The molecule has 0 saturated heterocycles. The Morgan fingerprint density at radius 1 is 1.07 bits per heavy atom. The lowest BCUT2D eigenvalue weighted by atomic mass is 10.1. The second-order valence-electron chi connectivity index (χ2n) is 6.09. The summed E-state index contributed by atoms with van der Waals surface area (Å²) in [7, 11) is 3.18. The van der Waals surface area contributed by atoms with Crippen LogP contribution < -0.4 is 14.9 Å². The minimum atomic E-state index is 0.231. The minimum Gasteiger partial charge on any atom is -0.493 e. The van der Waals surface area contributed by atoms with E-state index in [2.05, 4.69) is 21.6 Å². The van der Waals surface area contributed by atoms with Crippen LogP contribution in [-0.2, 0) is 0 Å². The van der Waals surface area contributed by atoms with E-state index >= 15 is 0 Å². The maximum Gasteiger partial charge on any atom is 0.196 e. The average molecular weight is 392 g/mol. The molecule has 0 spiro atoms. The summed E-state index contributed by atoms with van der Waals surface area (Å²) < 4.78 is 10.6. The van der Waals surface area contributed by atoms with Crippen molar-refractivity contribution in [1.29, 1.82) is 5.26 Å². The van der Waals surface area contributed by atoms with Crippen molar-refractivity contribution in [2.24, 2.45) is 5.10 Å². The Morgan fingerprint density at radius 2 is 1.86 bits per heavy atom. The van der Waals surface area contributed by atoms with Gasteiger partial charge in [-0.1, -0.05) is 6.07 Å². The second kappa shape index (κ2) is 8.55. The molecule has 0 bridgehead atoms. The summed E-state index contributed by atoms with van der Waals surface area (Å²) in [6.07, 6.45) is 0. The number of nitrogens with zero attached hydrogens (tertiary/aromatic N) is 3. The van der Waals surface area contributed by atoms with Crippen LogP contribution in [0, 0.1) is 25.2 Å². The average Bonchev–Trinajstić information content (AvgIpc) is 3.20. The van der Waals surface area contributed by atoms with Gasteiger partial charge >= 0.3 is 0 Å². The molecular formula is C21H20N4O2S. The first-order valence-electron chi connectivity index (χ1n) is 8.55. The number of nitrogens with one attached hydrogen (secondary N) is 1. The Labute approximate surface area is 168 Å². The first-order chi connectivity index (χ1) is 13.5. The van der Waals surface area contributed by atoms with Gasteiger partial charge in [0.2, 0.25) is 0 Å². The predicted molar refractivity (Wildman–Crippen MR) is 112 cm³/mol. The fourth-order valence-electron chi connectivity index (χ4n) is 2.56. The van der Waals surface area contributed by atoms with Gasteiger partial charge in [0.15, 0.2) is 22.2 Å². The standard InChI is InChI=1S/C21H20N4O2S/c1-13-5-7-16(9-14(13)2)24-25-17(11-22)21-23-18(12-28-21)15-6-8-19(26-3)20(10-15)27-4/h5-10,12,24H,1-4H3/b25-17-. The molecule has 0 saturated carbocycles. The van der Waals surface area contributed by atoms with E-state index in [1.54, 1.807) is 14.2 Å². The summed E-state index contributed by atoms with van der Waals surface area (Å²) in [6.45, 7) is 4.08. The van der Waals surface area contributed by atoms with Gasteiger partial charge in [-0.25, -0.2) is 4.98 Å². The van der Waals surface area contributed by atoms with Crippen LogP contribution in [0.4, 0.5) is 5.69 Å². The number of ether oxygens (including phenoxy) is 2. The number of aromatic nitrogens is 1. The third kappa shape index (κ3) is 4.13. The molecule has 3 aromatic rings. The van der Waals surface area contributed by atoms with Gasteiger partial charge in [-0.2, -0.15) is 10.4 Å². The molecule has 142 valence electrons. The summed E-state index contributed by atoms with van der Waals surface area (Å²) in [6, 6.07) is 13.6. The van der Waals surface area contributed by atoms with E-state index < -0.39 is 0 Å². The van der Waals surface area contributed by atoms with Crippen LogP contribution in [0.2, 0.25) is 0 Å². The molecule has 0 unspecified atom stereocenters. The quantitative estimate of drug-likeness (QED) is 0.482. The third-order valence-electron chi connectivity index (χ3n) is 4.30. The molecule has 7 heteroatoms. The van der Waals surface area contributed by atoms with E-state index in [-0.39, 0.29) is 5.71 Å². The van der Waals surface area contributed by atoms with Crippen LogP contribution in [0.15, 0.2) is 46.9 Å². The molecule has 6 nitrogen and oxygen atoms in total. The zero-order valence-electron chi connectivity index (χ0n) is 16.1. The number of thiazole rings is 1. The zero-order chi connectivity index (χ0) is 20.1. The highest BCUT2D eigenvalue weighted by molar-refractivity contribution is 7.12. The summed E-state index contributed by atoms with van der Waals surface area (Å²) in [5.74, 6) is 1.28. The minimum absolute atomic E-state index is 0.231. The van der Waals surface area contributed by atoms with E-state index in [1.165, 1.54) is 16.9 Å². The van der Waals surface area contributed by atoms with Gasteiger partial charge in [-0.3, -0.25) is 5.43 Å². The lowest BCUT2D eigenvalue weighted by Gasteiger charge is -2.08. The molecule has 1 aromatic heterocycles. The molecule has 0 aliphatic heterocycles. The van der Waals surface area contributed by atoms with Crippen molar-refractivity contribution in [3.05, 3.63) is 57.9 Å². The number of rotatable bonds is 6. The number of methoxy groups -OCH3 is 2. The van der Waals surface area contributed by atoms with Crippen molar-refractivity contribution in [1.82, 2.24) is 4.98 Å². The summed E-state index contributed by atoms with van der Waals surface area (Å²) in [5, 5.41) is 16.2.